The minimum Gasteiger partial charge on any atom is -0.497 e. The quantitative estimate of drug-likeness (QED) is 0.796. The van der Waals surface area contributed by atoms with E-state index >= 15 is 0 Å². The third-order valence-corrected chi connectivity index (χ3v) is 4.70. The normalized spacial score (nSPS) is 19.5. The van der Waals surface area contributed by atoms with Gasteiger partial charge in [0.15, 0.2) is 0 Å². The van der Waals surface area contributed by atoms with Crippen LogP contribution in [0.2, 0.25) is 0 Å². The first kappa shape index (κ1) is 16.3. The first-order valence-corrected chi connectivity index (χ1v) is 8.21. The predicted molar refractivity (Wildman–Crippen MR) is 92.2 cm³/mol. The topological polar surface area (TPSA) is 55.8 Å². The molecular formula is C20H16FNO4. The van der Waals surface area contributed by atoms with Gasteiger partial charge in [-0.05, 0) is 35.9 Å². The molecule has 0 unspecified atom stereocenters. The minimum atomic E-state index is -0.444. The van der Waals surface area contributed by atoms with Crippen molar-refractivity contribution in [3.05, 3.63) is 71.2 Å². The Morgan fingerprint density at radius 3 is 2.62 bits per heavy atom. The molecule has 2 aromatic carbocycles. The molecule has 0 spiro atoms. The summed E-state index contributed by atoms with van der Waals surface area (Å²) < 4.78 is 24.0. The van der Waals surface area contributed by atoms with E-state index in [2.05, 4.69) is 0 Å². The molecule has 0 fully saturated rings. The summed E-state index contributed by atoms with van der Waals surface area (Å²) >= 11 is 0. The van der Waals surface area contributed by atoms with Crippen molar-refractivity contribution in [2.75, 3.05) is 18.6 Å². The lowest BCUT2D eigenvalue weighted by Crippen LogP contribution is -2.37. The molecular weight excluding hydrogens is 337 g/mol. The van der Waals surface area contributed by atoms with Crippen molar-refractivity contribution in [1.82, 2.24) is 0 Å². The second kappa shape index (κ2) is 6.29. The highest BCUT2D eigenvalue weighted by molar-refractivity contribution is 6.06. The molecule has 1 atom stereocenters. The molecule has 2 aliphatic rings. The standard InChI is InChI=1S/C20H16FNO4/c1-25-15-7-5-12(6-8-15)16-10-18(23)22(14-4-2-3-13(21)9-14)17-11-26-20(24)19(16)17/h2-9,16H,10-11H2,1H3/t16-/m1/s1. The molecule has 0 radical (unpaired) electrons. The molecule has 2 heterocycles. The number of cyclic esters (lactones) is 1. The molecule has 0 aliphatic carbocycles. The van der Waals surface area contributed by atoms with E-state index < -0.39 is 11.8 Å². The van der Waals surface area contributed by atoms with Crippen molar-refractivity contribution in [2.24, 2.45) is 0 Å². The number of rotatable bonds is 3. The van der Waals surface area contributed by atoms with E-state index in [0.717, 1.165) is 5.56 Å². The van der Waals surface area contributed by atoms with Crippen LogP contribution in [0, 0.1) is 5.82 Å². The number of benzene rings is 2. The minimum absolute atomic E-state index is 0.00305. The van der Waals surface area contributed by atoms with Gasteiger partial charge in [-0.25, -0.2) is 9.18 Å². The van der Waals surface area contributed by atoms with Crippen molar-refractivity contribution in [3.8, 4) is 5.75 Å². The van der Waals surface area contributed by atoms with Crippen molar-refractivity contribution < 1.29 is 23.5 Å². The summed E-state index contributed by atoms with van der Waals surface area (Å²) in [6.45, 7) is 0.00305. The lowest BCUT2D eigenvalue weighted by atomic mass is 9.84. The molecule has 0 saturated heterocycles. The van der Waals surface area contributed by atoms with Gasteiger partial charge in [-0.1, -0.05) is 18.2 Å². The smallest absolute Gasteiger partial charge is 0.336 e. The van der Waals surface area contributed by atoms with Gasteiger partial charge >= 0.3 is 5.97 Å². The van der Waals surface area contributed by atoms with E-state index in [1.807, 2.05) is 12.1 Å². The fourth-order valence-electron chi connectivity index (χ4n) is 3.49. The number of ether oxygens (including phenoxy) is 2. The number of hydrogen-bond acceptors (Lipinski definition) is 4. The number of esters is 1. The van der Waals surface area contributed by atoms with E-state index in [-0.39, 0.29) is 24.9 Å². The molecule has 6 heteroatoms. The van der Waals surface area contributed by atoms with Gasteiger partial charge in [-0.3, -0.25) is 9.69 Å². The Balaban J connectivity index is 1.80. The number of hydrogen-bond donors (Lipinski definition) is 0. The zero-order chi connectivity index (χ0) is 18.3. The molecule has 0 N–H and O–H groups in total. The molecule has 5 nitrogen and oxygen atoms in total. The Hall–Kier alpha value is -3.15. The van der Waals surface area contributed by atoms with Crippen molar-refractivity contribution in [2.45, 2.75) is 12.3 Å². The van der Waals surface area contributed by atoms with Gasteiger partial charge in [0.2, 0.25) is 5.91 Å². The van der Waals surface area contributed by atoms with Crippen LogP contribution in [0.4, 0.5) is 10.1 Å². The maximum Gasteiger partial charge on any atom is 0.336 e. The van der Waals surface area contributed by atoms with Gasteiger partial charge in [0.05, 0.1) is 24.1 Å². The van der Waals surface area contributed by atoms with Gasteiger partial charge in [0, 0.05) is 12.3 Å². The summed E-state index contributed by atoms with van der Waals surface area (Å²) in [5, 5.41) is 0. The molecule has 4 rings (SSSR count). The van der Waals surface area contributed by atoms with Crippen molar-refractivity contribution in [3.63, 3.8) is 0 Å². The van der Waals surface area contributed by atoms with Crippen LogP contribution >= 0.6 is 0 Å². The summed E-state index contributed by atoms with van der Waals surface area (Å²) in [5.41, 5.74) is 2.18. The molecule has 0 saturated carbocycles. The van der Waals surface area contributed by atoms with Crippen LogP contribution in [0.1, 0.15) is 17.9 Å². The Kier molecular flexibility index (Phi) is 3.95. The van der Waals surface area contributed by atoms with Gasteiger partial charge in [0.1, 0.15) is 18.2 Å². The Morgan fingerprint density at radius 2 is 1.92 bits per heavy atom. The van der Waals surface area contributed by atoms with E-state index in [9.17, 15) is 14.0 Å². The second-order valence-corrected chi connectivity index (χ2v) is 6.18. The van der Waals surface area contributed by atoms with Crippen LogP contribution in [0.5, 0.6) is 5.75 Å². The van der Waals surface area contributed by atoms with Gasteiger partial charge in [-0.2, -0.15) is 0 Å². The Morgan fingerprint density at radius 1 is 1.15 bits per heavy atom. The largest absolute Gasteiger partial charge is 0.497 e. The predicted octanol–water partition coefficient (Wildman–Crippen LogP) is 3.17. The highest BCUT2D eigenvalue weighted by Crippen LogP contribution is 2.42. The average molecular weight is 353 g/mol. The molecule has 1 amide bonds. The van der Waals surface area contributed by atoms with Gasteiger partial charge in [-0.15, -0.1) is 0 Å². The zero-order valence-electron chi connectivity index (χ0n) is 14.1. The van der Waals surface area contributed by atoms with E-state index in [4.69, 9.17) is 9.47 Å². The third kappa shape index (κ3) is 2.63. The first-order chi connectivity index (χ1) is 12.6. The monoisotopic (exact) mass is 353 g/mol. The van der Waals surface area contributed by atoms with Gasteiger partial charge in [0.25, 0.3) is 0 Å². The molecule has 0 aromatic heterocycles. The molecule has 0 bridgehead atoms. The summed E-state index contributed by atoms with van der Waals surface area (Å²) in [6, 6.07) is 13.0. The van der Waals surface area contributed by atoms with Crippen LogP contribution in [0.25, 0.3) is 0 Å². The molecule has 2 aliphatic heterocycles. The van der Waals surface area contributed by atoms with Crippen LogP contribution in [0.15, 0.2) is 59.8 Å². The maximum absolute atomic E-state index is 13.6. The lowest BCUT2D eigenvalue weighted by Gasteiger charge is -2.31. The fourth-order valence-corrected chi connectivity index (χ4v) is 3.49. The van der Waals surface area contributed by atoms with Crippen LogP contribution in [0.3, 0.4) is 0 Å². The van der Waals surface area contributed by atoms with Crippen LogP contribution in [-0.4, -0.2) is 25.6 Å². The highest BCUT2D eigenvalue weighted by Gasteiger charge is 2.42. The van der Waals surface area contributed by atoms with E-state index in [0.29, 0.717) is 22.7 Å². The third-order valence-electron chi connectivity index (χ3n) is 4.70. The van der Waals surface area contributed by atoms with Crippen LogP contribution in [-0.2, 0) is 14.3 Å². The summed E-state index contributed by atoms with van der Waals surface area (Å²) in [4.78, 5) is 26.6. The fraction of sp³-hybridized carbons (Fsp3) is 0.200. The summed E-state index contributed by atoms with van der Waals surface area (Å²) in [7, 11) is 1.57. The van der Waals surface area contributed by atoms with Crippen molar-refractivity contribution in [1.29, 1.82) is 0 Å². The van der Waals surface area contributed by atoms with E-state index in [1.165, 1.54) is 23.1 Å². The first-order valence-electron chi connectivity index (χ1n) is 8.21. The Bertz CT molecular complexity index is 920. The molecule has 2 aromatic rings. The zero-order valence-corrected chi connectivity index (χ0v) is 14.1. The molecule has 26 heavy (non-hydrogen) atoms. The molecule has 132 valence electrons. The Labute approximate surface area is 149 Å². The number of carbonyl (C=O) groups excluding carboxylic acids is 2. The van der Waals surface area contributed by atoms with E-state index in [1.54, 1.807) is 25.3 Å². The lowest BCUT2D eigenvalue weighted by molar-refractivity contribution is -0.136. The summed E-state index contributed by atoms with van der Waals surface area (Å²) in [6.07, 6.45) is 0.108. The SMILES string of the molecule is COc1ccc([C@H]2CC(=O)N(c3cccc(F)c3)C3=C2C(=O)OC3)cc1. The van der Waals surface area contributed by atoms with Gasteiger partial charge < -0.3 is 9.47 Å². The van der Waals surface area contributed by atoms with Crippen molar-refractivity contribution >= 4 is 17.6 Å². The number of amides is 1. The number of nitrogens with zero attached hydrogens (tertiary/aromatic N) is 1. The number of methoxy groups -OCH3 is 1. The number of halogens is 1. The second-order valence-electron chi connectivity index (χ2n) is 6.18. The average Bonchev–Trinajstić information content (AvgIpc) is 3.02. The highest BCUT2D eigenvalue weighted by atomic mass is 19.1. The maximum atomic E-state index is 13.6. The number of anilines is 1. The van der Waals surface area contributed by atoms with Crippen LogP contribution < -0.4 is 9.64 Å². The summed E-state index contributed by atoms with van der Waals surface area (Å²) in [5.74, 6) is -0.771. The number of carbonyl (C=O) groups is 2.